The van der Waals surface area contributed by atoms with Crippen molar-refractivity contribution in [3.63, 3.8) is 0 Å². The van der Waals surface area contributed by atoms with Gasteiger partial charge in [-0.15, -0.1) is 0 Å². The molecular weight excluding hydrogens is 222 g/mol. The molecule has 0 amide bonds. The number of hydrogen-bond acceptors (Lipinski definition) is 7. The first-order valence-corrected chi connectivity index (χ1v) is 5.13. The highest BCUT2D eigenvalue weighted by Crippen LogP contribution is 2.18. The second-order valence-corrected chi connectivity index (χ2v) is 3.88. The zero-order chi connectivity index (χ0) is 11.4. The molecule has 0 spiro atoms. The van der Waals surface area contributed by atoms with Crippen LogP contribution in [-0.2, 0) is 4.18 Å². The molecule has 1 rings (SSSR count). The Hall–Kier alpha value is 0.110. The molecule has 1 fully saturated rings. The molecule has 4 unspecified atom stereocenters. The Balaban J connectivity index is 2.60. The summed E-state index contributed by atoms with van der Waals surface area (Å²) in [5.74, 6) is 0. The molecule has 1 saturated heterocycles. The van der Waals surface area contributed by atoms with Gasteiger partial charge < -0.3 is 24.6 Å². The van der Waals surface area contributed by atoms with Crippen LogP contribution in [0.2, 0.25) is 0 Å². The minimum absolute atomic E-state index is 0.195. The fourth-order valence-corrected chi connectivity index (χ4v) is 1.88. The summed E-state index contributed by atoms with van der Waals surface area (Å²) in [5.41, 5.74) is 0. The monoisotopic (exact) mass is 239 g/mol. The van der Waals surface area contributed by atoms with Crippen molar-refractivity contribution in [2.45, 2.75) is 24.4 Å². The topological polar surface area (TPSA) is 93.4 Å². The minimum Gasteiger partial charge on any atom is -0.395 e. The molecule has 0 bridgehead atoms. The fourth-order valence-electron chi connectivity index (χ4n) is 1.79. The maximum atomic E-state index is 9.61. The van der Waals surface area contributed by atoms with E-state index in [2.05, 4.69) is 17.1 Å². The quantitative estimate of drug-likeness (QED) is 0.278. The normalized spacial score (nSPS) is 38.2. The molecule has 0 radical (unpaired) electrons. The zero-order valence-corrected chi connectivity index (χ0v) is 9.12. The Kier molecular flexibility index (Phi) is 5.27. The van der Waals surface area contributed by atoms with Crippen LogP contribution in [0.3, 0.4) is 0 Å². The van der Waals surface area contributed by atoms with Gasteiger partial charge in [-0.3, -0.25) is 4.90 Å². The van der Waals surface area contributed by atoms with Crippen molar-refractivity contribution >= 4 is 12.9 Å². The van der Waals surface area contributed by atoms with Crippen LogP contribution in [0.5, 0.6) is 0 Å². The van der Waals surface area contributed by atoms with E-state index in [9.17, 15) is 15.3 Å². The number of nitrogens with zero attached hydrogens (tertiary/aromatic N) is 1. The van der Waals surface area contributed by atoms with Gasteiger partial charge in [-0.2, -0.15) is 0 Å². The number of likely N-dealkylation sites (tertiary alicyclic amines) is 1. The second kappa shape index (κ2) is 6.00. The molecule has 0 aromatic carbocycles. The SMILES string of the molecule is OCC1C(O)C(O)C(O)CN1CCOS. The summed E-state index contributed by atoms with van der Waals surface area (Å²) < 4.78 is 4.58. The third kappa shape index (κ3) is 3.04. The van der Waals surface area contributed by atoms with Crippen LogP contribution in [0.4, 0.5) is 0 Å². The van der Waals surface area contributed by atoms with E-state index in [0.29, 0.717) is 13.2 Å². The number of piperidine rings is 1. The number of aliphatic hydroxyl groups excluding tert-OH is 4. The highest BCUT2D eigenvalue weighted by Gasteiger charge is 2.40. The number of thiol groups is 1. The summed E-state index contributed by atoms with van der Waals surface area (Å²) in [6.07, 6.45) is -3.38. The van der Waals surface area contributed by atoms with Gasteiger partial charge in [0, 0.05) is 13.1 Å². The summed E-state index contributed by atoms with van der Waals surface area (Å²) in [5, 5.41) is 37.5. The van der Waals surface area contributed by atoms with Crippen LogP contribution in [0.1, 0.15) is 0 Å². The summed E-state index contributed by atoms with van der Waals surface area (Å²) in [7, 11) is 0. The van der Waals surface area contributed by atoms with E-state index in [0.717, 1.165) is 0 Å². The smallest absolute Gasteiger partial charge is 0.109 e. The summed E-state index contributed by atoms with van der Waals surface area (Å²) in [6.45, 7) is 0.656. The van der Waals surface area contributed by atoms with E-state index in [1.807, 2.05) is 0 Å². The molecule has 0 aromatic heterocycles. The molecule has 1 aliphatic rings. The Labute approximate surface area is 93.7 Å². The van der Waals surface area contributed by atoms with Crippen LogP contribution < -0.4 is 0 Å². The lowest BCUT2D eigenvalue weighted by atomic mass is 9.94. The van der Waals surface area contributed by atoms with Crippen molar-refractivity contribution in [1.82, 2.24) is 4.90 Å². The number of hydrogen-bond donors (Lipinski definition) is 5. The van der Waals surface area contributed by atoms with Gasteiger partial charge in [0.05, 0.1) is 25.4 Å². The molecule has 4 atom stereocenters. The van der Waals surface area contributed by atoms with Gasteiger partial charge in [-0.1, -0.05) is 0 Å². The van der Waals surface area contributed by atoms with Crippen molar-refractivity contribution in [3.8, 4) is 0 Å². The first-order valence-electron chi connectivity index (χ1n) is 4.77. The van der Waals surface area contributed by atoms with Crippen LogP contribution >= 0.6 is 12.9 Å². The predicted octanol–water partition coefficient (Wildman–Crippen LogP) is -2.39. The van der Waals surface area contributed by atoms with E-state index < -0.39 is 24.4 Å². The van der Waals surface area contributed by atoms with E-state index >= 15 is 0 Å². The van der Waals surface area contributed by atoms with E-state index in [1.54, 1.807) is 4.90 Å². The summed E-state index contributed by atoms with van der Waals surface area (Å²) in [4.78, 5) is 1.66. The number of β-amino-alcohol motifs (C(OH)–C–C–N with tert-alkyl or cyclic N) is 1. The standard InChI is InChI=1S/C8H17NO5S/c10-4-5-7(12)8(13)6(11)3-9(5)1-2-14-15/h5-8,10-13,15H,1-4H2. The third-order valence-electron chi connectivity index (χ3n) is 2.69. The molecule has 0 aromatic rings. The third-order valence-corrected chi connectivity index (χ3v) is 2.87. The van der Waals surface area contributed by atoms with Gasteiger partial charge in [-0.05, 0) is 12.9 Å². The van der Waals surface area contributed by atoms with Crippen LogP contribution in [0, 0.1) is 0 Å². The summed E-state index contributed by atoms with van der Waals surface area (Å²) >= 11 is 3.58. The lowest BCUT2D eigenvalue weighted by Gasteiger charge is -2.42. The maximum Gasteiger partial charge on any atom is 0.109 e. The average Bonchev–Trinajstić information content (AvgIpc) is 2.23. The van der Waals surface area contributed by atoms with Gasteiger partial charge in [0.1, 0.15) is 12.2 Å². The molecule has 15 heavy (non-hydrogen) atoms. The first kappa shape index (κ1) is 13.2. The maximum absolute atomic E-state index is 9.61. The van der Waals surface area contributed by atoms with Crippen LogP contribution in [-0.4, -0.2) is 76.0 Å². The zero-order valence-electron chi connectivity index (χ0n) is 8.23. The Morgan fingerprint density at radius 2 is 1.93 bits per heavy atom. The largest absolute Gasteiger partial charge is 0.395 e. The van der Waals surface area contributed by atoms with Crippen molar-refractivity contribution in [1.29, 1.82) is 0 Å². The van der Waals surface area contributed by atoms with Gasteiger partial charge in [-0.25, -0.2) is 0 Å². The minimum atomic E-state index is -1.21. The highest BCUT2D eigenvalue weighted by atomic mass is 32.1. The fraction of sp³-hybridized carbons (Fsp3) is 1.00. The van der Waals surface area contributed by atoms with Gasteiger partial charge in [0.15, 0.2) is 0 Å². The lowest BCUT2D eigenvalue weighted by Crippen LogP contribution is -2.62. The number of aliphatic hydroxyl groups is 4. The summed E-state index contributed by atoms with van der Waals surface area (Å²) in [6, 6.07) is -0.577. The molecule has 0 aliphatic carbocycles. The predicted molar refractivity (Wildman–Crippen MR) is 55.4 cm³/mol. The Morgan fingerprint density at radius 3 is 2.47 bits per heavy atom. The molecule has 1 heterocycles. The molecule has 7 heteroatoms. The van der Waals surface area contributed by atoms with Crippen LogP contribution in [0.15, 0.2) is 0 Å². The lowest BCUT2D eigenvalue weighted by molar-refractivity contribution is -0.145. The number of rotatable bonds is 4. The van der Waals surface area contributed by atoms with E-state index in [4.69, 9.17) is 5.11 Å². The van der Waals surface area contributed by atoms with E-state index in [-0.39, 0.29) is 13.2 Å². The van der Waals surface area contributed by atoms with Crippen molar-refractivity contribution in [2.24, 2.45) is 0 Å². The van der Waals surface area contributed by atoms with Crippen LogP contribution in [0.25, 0.3) is 0 Å². The molecule has 90 valence electrons. The van der Waals surface area contributed by atoms with Crippen molar-refractivity contribution in [3.05, 3.63) is 0 Å². The molecular formula is C8H17NO5S. The molecule has 0 saturated carbocycles. The highest BCUT2D eigenvalue weighted by molar-refractivity contribution is 7.75. The van der Waals surface area contributed by atoms with Crippen molar-refractivity contribution < 1.29 is 24.6 Å². The van der Waals surface area contributed by atoms with Crippen molar-refractivity contribution in [2.75, 3.05) is 26.3 Å². The molecule has 1 aliphatic heterocycles. The Morgan fingerprint density at radius 1 is 1.27 bits per heavy atom. The average molecular weight is 239 g/mol. The van der Waals surface area contributed by atoms with Gasteiger partial charge in [0.2, 0.25) is 0 Å². The Bertz CT molecular complexity index is 196. The molecule has 4 N–H and O–H groups in total. The molecule has 6 nitrogen and oxygen atoms in total. The van der Waals surface area contributed by atoms with Gasteiger partial charge in [0.25, 0.3) is 0 Å². The van der Waals surface area contributed by atoms with Gasteiger partial charge >= 0.3 is 0 Å². The second-order valence-electron chi connectivity index (χ2n) is 3.63. The first-order chi connectivity index (χ1) is 7.11. The van der Waals surface area contributed by atoms with E-state index in [1.165, 1.54) is 0 Å².